The van der Waals surface area contributed by atoms with Gasteiger partial charge < -0.3 is 18.9 Å². The first-order valence-corrected chi connectivity index (χ1v) is 41.1. The van der Waals surface area contributed by atoms with Crippen molar-refractivity contribution in [2.24, 2.45) is 0 Å². The van der Waals surface area contributed by atoms with Crippen molar-refractivity contribution >= 4 is 22.8 Å². The first kappa shape index (κ1) is 76.4. The average Bonchev–Trinajstić information content (AvgIpc) is 1.57. The largest absolute Gasteiger partial charge is 0.494 e. The van der Waals surface area contributed by atoms with Crippen molar-refractivity contribution in [1.29, 1.82) is 0 Å². The predicted molar refractivity (Wildman–Crippen MR) is 439 cm³/mol. The van der Waals surface area contributed by atoms with Crippen LogP contribution in [0.3, 0.4) is 0 Å². The van der Waals surface area contributed by atoms with E-state index in [-0.39, 0.29) is 10.8 Å². The van der Waals surface area contributed by atoms with Crippen LogP contribution in [0.1, 0.15) is 243 Å². The van der Waals surface area contributed by atoms with E-state index in [9.17, 15) is 0 Å². The Morgan fingerprint density at radius 3 is 0.951 bits per heavy atom. The van der Waals surface area contributed by atoms with Gasteiger partial charge in [0.05, 0.1) is 38.2 Å². The molecule has 0 saturated carbocycles. The summed E-state index contributed by atoms with van der Waals surface area (Å²) in [6.07, 6.45) is 36.8. The Kier molecular flexibility index (Phi) is 29.7. The summed E-state index contributed by atoms with van der Waals surface area (Å²) in [6, 6.07) is 72.9. The maximum Gasteiger partial charge on any atom is 0.119 e. The summed E-state index contributed by atoms with van der Waals surface area (Å²) in [7, 11) is 1.70. The molecule has 0 spiro atoms. The maximum absolute atomic E-state index is 6.11. The number of nitrogens with zero attached hydrogens (tertiary/aromatic N) is 2. The highest BCUT2D eigenvalue weighted by Crippen LogP contribution is 2.58. The zero-order valence-corrected chi connectivity index (χ0v) is 64.3. The quantitative estimate of drug-likeness (QED) is 0.0355. The number of fused-ring (bicyclic) bond motifs is 7. The van der Waals surface area contributed by atoms with Crippen molar-refractivity contribution in [3.63, 3.8) is 0 Å². The summed E-state index contributed by atoms with van der Waals surface area (Å²) in [5, 5.41) is 0. The fraction of sp³-hybridized carbons (Fsp3) is 0.438. The van der Waals surface area contributed by atoms with Crippen molar-refractivity contribution in [3.05, 3.63) is 216 Å². The van der Waals surface area contributed by atoms with Gasteiger partial charge >= 0.3 is 0 Å². The minimum atomic E-state index is -0.0984. The molecule has 2 aliphatic carbocycles. The summed E-state index contributed by atoms with van der Waals surface area (Å²) in [6.45, 7) is 14.4. The molecule has 0 atom stereocenters. The number of rotatable bonds is 43. The Balaban J connectivity index is 0.000000583. The van der Waals surface area contributed by atoms with Gasteiger partial charge in [-0.2, -0.15) is 8.75 Å². The molecular weight excluding hydrogens is 1280 g/mol. The summed E-state index contributed by atoms with van der Waals surface area (Å²) in [5.41, 5.74) is 26.1. The molecule has 12 rings (SSSR count). The zero-order chi connectivity index (χ0) is 71.3. The maximum atomic E-state index is 6.11. The van der Waals surface area contributed by atoms with Crippen LogP contribution >= 0.6 is 11.7 Å². The van der Waals surface area contributed by atoms with E-state index in [1.54, 1.807) is 12.7 Å². The molecular formula is C96H118N2O4S. The lowest BCUT2D eigenvalue weighted by Gasteiger charge is -2.33. The van der Waals surface area contributed by atoms with Gasteiger partial charge in [-0.25, -0.2) is 0 Å². The topological polar surface area (TPSA) is 62.7 Å². The third-order valence-corrected chi connectivity index (χ3v) is 22.8. The molecule has 0 N–H and O–H groups in total. The van der Waals surface area contributed by atoms with Crippen molar-refractivity contribution in [2.75, 3.05) is 40.1 Å². The van der Waals surface area contributed by atoms with Gasteiger partial charge in [-0.15, -0.1) is 0 Å². The second-order valence-electron chi connectivity index (χ2n) is 29.5. The summed E-state index contributed by atoms with van der Waals surface area (Å²) in [5.74, 6) is 1.81. The van der Waals surface area contributed by atoms with Crippen LogP contribution in [0.5, 0.6) is 11.5 Å². The van der Waals surface area contributed by atoms with E-state index in [0.29, 0.717) is 26.4 Å². The van der Waals surface area contributed by atoms with Crippen molar-refractivity contribution < 1.29 is 18.9 Å². The van der Waals surface area contributed by atoms with Crippen LogP contribution in [0, 0.1) is 0 Å². The minimum Gasteiger partial charge on any atom is -0.494 e. The monoisotopic (exact) mass is 1390 g/mol. The van der Waals surface area contributed by atoms with Crippen LogP contribution in [-0.4, -0.2) is 48.9 Å². The molecule has 9 aromatic carbocycles. The van der Waals surface area contributed by atoms with Gasteiger partial charge in [0.25, 0.3) is 0 Å². The number of aromatic nitrogens is 2. The van der Waals surface area contributed by atoms with Crippen LogP contribution in [0.2, 0.25) is 0 Å². The van der Waals surface area contributed by atoms with Gasteiger partial charge in [0.1, 0.15) is 29.1 Å². The zero-order valence-electron chi connectivity index (χ0n) is 63.5. The predicted octanol–water partition coefficient (Wildman–Crippen LogP) is 28.1. The van der Waals surface area contributed by atoms with Crippen molar-refractivity contribution in [1.82, 2.24) is 8.75 Å². The SMILES string of the molecule is CCCCCCCCC1(CCCCCCCC)c2cc(-c3ccccc3)ccc2-c2ccc(-c3ccc(-c4ccc5c(c4)C(CCCCCCCC)(CCCCCCCC)c4cc(-c6ccc(OCCOCCOC)cc6)ccc4-5)c4nsnc34)cc21.CCCOc1ccc(-c2ccccc2)cc1. The van der Waals surface area contributed by atoms with E-state index in [1.165, 1.54) is 273 Å². The Bertz CT molecular complexity index is 4130. The number of unbranched alkanes of at least 4 members (excludes halogenated alkanes) is 20. The highest BCUT2D eigenvalue weighted by molar-refractivity contribution is 7.00. The second-order valence-corrected chi connectivity index (χ2v) is 30.0. The van der Waals surface area contributed by atoms with Gasteiger partial charge in [0, 0.05) is 29.1 Å². The molecule has 0 fully saturated rings. The fourth-order valence-electron chi connectivity index (χ4n) is 16.6. The lowest BCUT2D eigenvalue weighted by atomic mass is 9.69. The molecule has 0 unspecified atom stereocenters. The Hall–Kier alpha value is -7.68. The molecule has 1 heterocycles. The lowest BCUT2D eigenvalue weighted by Crippen LogP contribution is -2.25. The molecule has 0 radical (unpaired) electrons. The van der Waals surface area contributed by atoms with E-state index in [4.69, 9.17) is 27.7 Å². The number of hydrogen-bond donors (Lipinski definition) is 0. The average molecular weight is 1400 g/mol. The van der Waals surface area contributed by atoms with E-state index < -0.39 is 0 Å². The smallest absolute Gasteiger partial charge is 0.119 e. The van der Waals surface area contributed by atoms with Gasteiger partial charge in [0.15, 0.2) is 0 Å². The molecule has 0 amide bonds. The first-order valence-electron chi connectivity index (χ1n) is 40.3. The minimum absolute atomic E-state index is 0.0552. The van der Waals surface area contributed by atoms with Crippen LogP contribution < -0.4 is 9.47 Å². The third kappa shape index (κ3) is 19.4. The third-order valence-electron chi connectivity index (χ3n) is 22.2. The molecule has 6 nitrogen and oxygen atoms in total. The van der Waals surface area contributed by atoms with Crippen molar-refractivity contribution in [2.45, 2.75) is 232 Å². The van der Waals surface area contributed by atoms with Crippen LogP contribution in [0.15, 0.2) is 194 Å². The molecule has 10 aromatic rings. The number of methoxy groups -OCH3 is 1. The van der Waals surface area contributed by atoms with Gasteiger partial charge in [-0.1, -0.05) is 334 Å². The molecule has 0 saturated heterocycles. The first-order chi connectivity index (χ1) is 50.9. The van der Waals surface area contributed by atoms with E-state index >= 15 is 0 Å². The van der Waals surface area contributed by atoms with Gasteiger partial charge in [-0.3, -0.25) is 0 Å². The van der Waals surface area contributed by atoms with Crippen molar-refractivity contribution in [3.8, 4) is 89.4 Å². The Morgan fingerprint density at radius 2 is 0.573 bits per heavy atom. The van der Waals surface area contributed by atoms with Crippen LogP contribution in [-0.2, 0) is 20.3 Å². The van der Waals surface area contributed by atoms with E-state index in [2.05, 4.69) is 211 Å². The summed E-state index contributed by atoms with van der Waals surface area (Å²) < 4.78 is 32.9. The summed E-state index contributed by atoms with van der Waals surface area (Å²) >= 11 is 1.37. The fourth-order valence-corrected chi connectivity index (χ4v) is 17.2. The highest BCUT2D eigenvalue weighted by Gasteiger charge is 2.44. The molecule has 1 aromatic heterocycles. The Labute approximate surface area is 624 Å². The molecule has 0 aliphatic heterocycles. The molecule has 542 valence electrons. The number of hydrogen-bond acceptors (Lipinski definition) is 7. The normalized spacial score (nSPS) is 13.0. The lowest BCUT2D eigenvalue weighted by molar-refractivity contribution is 0.0544. The van der Waals surface area contributed by atoms with Gasteiger partial charge in [-0.05, 0) is 170 Å². The summed E-state index contributed by atoms with van der Waals surface area (Å²) in [4.78, 5) is 0. The molecule has 7 heteroatoms. The molecule has 103 heavy (non-hydrogen) atoms. The van der Waals surface area contributed by atoms with Gasteiger partial charge in [0.2, 0.25) is 0 Å². The number of benzene rings is 9. The van der Waals surface area contributed by atoms with E-state index in [1.807, 2.05) is 18.2 Å². The van der Waals surface area contributed by atoms with Crippen LogP contribution in [0.25, 0.3) is 88.9 Å². The molecule has 2 aliphatic rings. The Morgan fingerprint density at radius 1 is 0.272 bits per heavy atom. The van der Waals surface area contributed by atoms with Crippen LogP contribution in [0.4, 0.5) is 0 Å². The molecule has 0 bridgehead atoms. The standard InChI is InChI=1S/C81H102N2O3S.C15H16O/c1-6-10-14-18-22-29-49-80(50-30-23-19-15-11-7-2)74-57-63(61-33-27-26-28-34-61)37-43-70(74)72-45-39-65(59-76(72)80)68-47-48-69(79-78(68)82-87-83-79)66-40-46-73-71-44-38-64(62-35-41-67(42-36-62)86-56-55-85-54-53-84-5)58-75(71)81(77(73)60-66,51-31-24-20-16-12-8-3)52-32-25-21-17-13-9-4;1-2-12-16-15-10-8-14(9-11-15)13-6-4-3-5-7-13/h26-28,33-48,57-60H,6-25,29-32,49-56H2,1-5H3;3-11H,2,12H2,1H3. The number of ether oxygens (including phenoxy) is 4. The second kappa shape index (κ2) is 40.0. The van der Waals surface area contributed by atoms with E-state index in [0.717, 1.165) is 48.4 Å². The highest BCUT2D eigenvalue weighted by atomic mass is 32.1.